The Morgan fingerprint density at radius 3 is 2.00 bits per heavy atom. The molecule has 0 saturated carbocycles. The maximum absolute atomic E-state index is 10.6. The summed E-state index contributed by atoms with van der Waals surface area (Å²) in [5.41, 5.74) is 2.75. The van der Waals surface area contributed by atoms with E-state index in [1.807, 2.05) is 55.5 Å². The molecule has 0 unspecified atom stereocenters. The molecule has 2 rings (SSSR count). The second kappa shape index (κ2) is 6.06. The Hall–Kier alpha value is -2.55. The van der Waals surface area contributed by atoms with E-state index in [2.05, 4.69) is 0 Å². The summed E-state index contributed by atoms with van der Waals surface area (Å²) < 4.78 is 5.71. The molecule has 0 spiro atoms. The zero-order valence-corrected chi connectivity index (χ0v) is 11.5. The number of hydrogen-bond donors (Lipinski definition) is 1. The average molecular weight is 268 g/mol. The van der Waals surface area contributed by atoms with Gasteiger partial charge in [0.05, 0.1) is 0 Å². The Bertz CT molecular complexity index is 622. The van der Waals surface area contributed by atoms with E-state index in [1.54, 1.807) is 6.92 Å². The van der Waals surface area contributed by atoms with Crippen molar-refractivity contribution in [3.05, 3.63) is 65.7 Å². The first-order valence-electron chi connectivity index (χ1n) is 6.31. The van der Waals surface area contributed by atoms with Gasteiger partial charge >= 0.3 is 5.97 Å². The molecule has 0 fully saturated rings. The predicted octanol–water partition coefficient (Wildman–Crippen LogP) is 4.28. The molecule has 2 aromatic rings. The summed E-state index contributed by atoms with van der Waals surface area (Å²) in [5, 5.41) is 8.72. The van der Waals surface area contributed by atoms with Gasteiger partial charge in [0.15, 0.2) is 0 Å². The molecule has 0 aliphatic heterocycles. The molecule has 3 heteroatoms. The molecule has 0 aliphatic carbocycles. The van der Waals surface area contributed by atoms with Crippen LogP contribution in [0.3, 0.4) is 0 Å². The first-order valence-corrected chi connectivity index (χ1v) is 6.31. The molecule has 1 N–H and O–H groups in total. The second-order valence-corrected chi connectivity index (χ2v) is 4.61. The monoisotopic (exact) mass is 268 g/mol. The fraction of sp³-hybridized carbons (Fsp3) is 0.118. The third-order valence-corrected chi connectivity index (χ3v) is 2.91. The molecule has 2 aromatic carbocycles. The number of aryl methyl sites for hydroxylation is 1. The highest BCUT2D eigenvalue weighted by molar-refractivity contribution is 5.89. The smallest absolute Gasteiger partial charge is 0.328 e. The Labute approximate surface area is 118 Å². The number of carboxylic acid groups (broad SMARTS) is 1. The molecule has 0 radical (unpaired) electrons. The lowest BCUT2D eigenvalue weighted by atomic mass is 10.1. The first-order chi connectivity index (χ1) is 9.54. The van der Waals surface area contributed by atoms with Crippen LogP contribution in [0.5, 0.6) is 11.5 Å². The lowest BCUT2D eigenvalue weighted by Gasteiger charge is -2.07. The molecule has 102 valence electrons. The molecule has 0 aromatic heterocycles. The number of hydrogen-bond acceptors (Lipinski definition) is 2. The Morgan fingerprint density at radius 1 is 1.00 bits per heavy atom. The zero-order valence-electron chi connectivity index (χ0n) is 11.5. The van der Waals surface area contributed by atoms with Crippen molar-refractivity contribution in [2.24, 2.45) is 0 Å². The number of aliphatic carboxylic acids is 1. The number of rotatable bonds is 4. The predicted molar refractivity (Wildman–Crippen MR) is 79.0 cm³/mol. The summed E-state index contributed by atoms with van der Waals surface area (Å²) in [6.07, 6.45) is 1.19. The van der Waals surface area contributed by atoms with E-state index < -0.39 is 5.97 Å². The summed E-state index contributed by atoms with van der Waals surface area (Å²) in [6, 6.07) is 15.2. The van der Waals surface area contributed by atoms with Crippen LogP contribution in [0.4, 0.5) is 0 Å². The van der Waals surface area contributed by atoms with Gasteiger partial charge < -0.3 is 9.84 Å². The van der Waals surface area contributed by atoms with Gasteiger partial charge in [0.1, 0.15) is 11.5 Å². The first kappa shape index (κ1) is 13.9. The number of benzene rings is 2. The van der Waals surface area contributed by atoms with Crippen LogP contribution in [0.15, 0.2) is 54.6 Å². The van der Waals surface area contributed by atoms with Crippen LogP contribution < -0.4 is 4.74 Å². The summed E-state index contributed by atoms with van der Waals surface area (Å²) in [5.74, 6) is 0.560. The SMILES string of the molecule is CC(=CC(=O)O)c1ccc(Oc2ccc(C)cc2)cc1. The van der Waals surface area contributed by atoms with Crippen LogP contribution in [0.25, 0.3) is 5.57 Å². The largest absolute Gasteiger partial charge is 0.478 e. The molecule has 0 aliphatic rings. The molecule has 0 heterocycles. The van der Waals surface area contributed by atoms with E-state index in [4.69, 9.17) is 9.84 Å². The van der Waals surface area contributed by atoms with Crippen LogP contribution in [-0.2, 0) is 4.79 Å². The average Bonchev–Trinajstić information content (AvgIpc) is 2.41. The minimum absolute atomic E-state index is 0.708. The fourth-order valence-corrected chi connectivity index (χ4v) is 1.80. The van der Waals surface area contributed by atoms with Crippen LogP contribution in [-0.4, -0.2) is 11.1 Å². The van der Waals surface area contributed by atoms with E-state index in [-0.39, 0.29) is 0 Å². The number of allylic oxidation sites excluding steroid dienone is 1. The third kappa shape index (κ3) is 3.72. The van der Waals surface area contributed by atoms with Crippen molar-refractivity contribution in [3.63, 3.8) is 0 Å². The maximum Gasteiger partial charge on any atom is 0.328 e. The zero-order chi connectivity index (χ0) is 14.5. The van der Waals surface area contributed by atoms with Gasteiger partial charge in [0.2, 0.25) is 0 Å². The van der Waals surface area contributed by atoms with Gasteiger partial charge in [-0.2, -0.15) is 0 Å². The van der Waals surface area contributed by atoms with Gasteiger partial charge in [-0.1, -0.05) is 29.8 Å². The molecular weight excluding hydrogens is 252 g/mol. The van der Waals surface area contributed by atoms with Crippen LogP contribution in [0.2, 0.25) is 0 Å². The number of carboxylic acids is 1. The van der Waals surface area contributed by atoms with E-state index in [9.17, 15) is 4.79 Å². The van der Waals surface area contributed by atoms with Crippen molar-refractivity contribution < 1.29 is 14.6 Å². The fourth-order valence-electron chi connectivity index (χ4n) is 1.80. The minimum Gasteiger partial charge on any atom is -0.478 e. The van der Waals surface area contributed by atoms with Gasteiger partial charge in [0.25, 0.3) is 0 Å². The van der Waals surface area contributed by atoms with E-state index in [0.29, 0.717) is 5.57 Å². The summed E-state index contributed by atoms with van der Waals surface area (Å²) in [6.45, 7) is 3.79. The van der Waals surface area contributed by atoms with Crippen molar-refractivity contribution in [3.8, 4) is 11.5 Å². The summed E-state index contributed by atoms with van der Waals surface area (Å²) in [7, 11) is 0. The van der Waals surface area contributed by atoms with Gasteiger partial charge in [-0.15, -0.1) is 0 Å². The van der Waals surface area contributed by atoms with Crippen LogP contribution >= 0.6 is 0 Å². The normalized spacial score (nSPS) is 11.2. The molecule has 0 atom stereocenters. The van der Waals surface area contributed by atoms with Gasteiger partial charge in [-0.25, -0.2) is 4.79 Å². The van der Waals surface area contributed by atoms with Gasteiger partial charge in [-0.3, -0.25) is 0 Å². The standard InChI is InChI=1S/C17H16O3/c1-12-3-7-15(8-4-12)20-16-9-5-14(6-10-16)13(2)11-17(18)19/h3-11H,1-2H3,(H,18,19). The van der Waals surface area contributed by atoms with Crippen LogP contribution in [0, 0.1) is 6.92 Å². The number of ether oxygens (including phenoxy) is 1. The summed E-state index contributed by atoms with van der Waals surface area (Å²) in [4.78, 5) is 10.6. The van der Waals surface area contributed by atoms with Crippen LogP contribution in [0.1, 0.15) is 18.1 Å². The van der Waals surface area contributed by atoms with Crippen molar-refractivity contribution in [1.82, 2.24) is 0 Å². The quantitative estimate of drug-likeness (QED) is 0.842. The van der Waals surface area contributed by atoms with Gasteiger partial charge in [-0.05, 0) is 49.2 Å². The Morgan fingerprint density at radius 2 is 1.50 bits per heavy atom. The maximum atomic E-state index is 10.6. The van der Waals surface area contributed by atoms with E-state index >= 15 is 0 Å². The molecule has 0 saturated heterocycles. The lowest BCUT2D eigenvalue weighted by molar-refractivity contribution is -0.131. The highest BCUT2D eigenvalue weighted by Gasteiger charge is 2.01. The molecule has 20 heavy (non-hydrogen) atoms. The highest BCUT2D eigenvalue weighted by Crippen LogP contribution is 2.23. The molecule has 0 bridgehead atoms. The summed E-state index contributed by atoms with van der Waals surface area (Å²) >= 11 is 0. The lowest BCUT2D eigenvalue weighted by Crippen LogP contribution is -1.90. The Balaban J connectivity index is 2.12. The highest BCUT2D eigenvalue weighted by atomic mass is 16.5. The van der Waals surface area contributed by atoms with Crippen molar-refractivity contribution >= 4 is 11.5 Å². The van der Waals surface area contributed by atoms with Crippen molar-refractivity contribution in [2.75, 3.05) is 0 Å². The molecule has 3 nitrogen and oxygen atoms in total. The molecule has 0 amide bonds. The van der Waals surface area contributed by atoms with E-state index in [1.165, 1.54) is 11.6 Å². The Kier molecular flexibility index (Phi) is 4.20. The molecular formula is C17H16O3. The van der Waals surface area contributed by atoms with E-state index in [0.717, 1.165) is 17.1 Å². The van der Waals surface area contributed by atoms with Crippen molar-refractivity contribution in [2.45, 2.75) is 13.8 Å². The minimum atomic E-state index is -0.942. The number of carbonyl (C=O) groups is 1. The topological polar surface area (TPSA) is 46.5 Å². The van der Waals surface area contributed by atoms with Crippen molar-refractivity contribution in [1.29, 1.82) is 0 Å². The second-order valence-electron chi connectivity index (χ2n) is 4.61. The third-order valence-electron chi connectivity index (χ3n) is 2.91. The van der Waals surface area contributed by atoms with Gasteiger partial charge in [0, 0.05) is 6.08 Å².